The fraction of sp³-hybridized carbons (Fsp3) is 0.800. The van der Waals surface area contributed by atoms with Gasteiger partial charge in [0, 0.05) is 12.8 Å². The van der Waals surface area contributed by atoms with Crippen molar-refractivity contribution in [1.82, 2.24) is 0 Å². The Morgan fingerprint density at radius 3 is 1.64 bits per heavy atom. The van der Waals surface area contributed by atoms with E-state index < -0.39 is 0 Å². The van der Waals surface area contributed by atoms with Crippen molar-refractivity contribution < 1.29 is 0 Å². The molecule has 0 spiro atoms. The Morgan fingerprint density at radius 1 is 1.07 bits per heavy atom. The highest BCUT2D eigenvalue weighted by Crippen LogP contribution is 2.07. The number of halogens is 2. The minimum Gasteiger partial charge on any atom is -0.198 e. The van der Waals surface area contributed by atoms with Crippen molar-refractivity contribution >= 4 is 23.2 Å². The molecule has 0 aliphatic carbocycles. The Hall–Kier alpha value is -0.440. The minimum atomic E-state index is -0.157. The third kappa shape index (κ3) is 22.6. The van der Waals surface area contributed by atoms with Gasteiger partial charge in [0.25, 0.3) is 0 Å². The molecule has 80 valence electrons. The van der Waals surface area contributed by atoms with Crippen molar-refractivity contribution in [2.24, 2.45) is 0 Å². The Bertz CT molecular complexity index is 164. The van der Waals surface area contributed by atoms with E-state index in [0.29, 0.717) is 12.8 Å². The molecule has 14 heavy (non-hydrogen) atoms. The predicted molar refractivity (Wildman–Crippen MR) is 60.1 cm³/mol. The molecule has 0 saturated heterocycles. The SMILES string of the molecule is CCCC(Cl)Cl.N#CCCCCC#N. The van der Waals surface area contributed by atoms with E-state index in [2.05, 4.69) is 6.92 Å². The third-order valence-corrected chi connectivity index (χ3v) is 1.77. The van der Waals surface area contributed by atoms with Crippen LogP contribution in [-0.2, 0) is 0 Å². The fourth-order valence-electron chi connectivity index (χ4n) is 0.626. The summed E-state index contributed by atoms with van der Waals surface area (Å²) in [4.78, 5) is -0.157. The zero-order chi connectivity index (χ0) is 11.2. The van der Waals surface area contributed by atoms with Crippen LogP contribution in [0.4, 0.5) is 0 Å². The van der Waals surface area contributed by atoms with Gasteiger partial charge >= 0.3 is 0 Å². The quantitative estimate of drug-likeness (QED) is 0.530. The maximum absolute atomic E-state index is 8.03. The van der Waals surface area contributed by atoms with Crippen LogP contribution in [-0.4, -0.2) is 4.84 Å². The summed E-state index contributed by atoms with van der Waals surface area (Å²) in [6, 6.07) is 4.03. The zero-order valence-corrected chi connectivity index (χ0v) is 9.98. The van der Waals surface area contributed by atoms with Crippen LogP contribution < -0.4 is 0 Å². The summed E-state index contributed by atoms with van der Waals surface area (Å²) in [5.74, 6) is 0. The van der Waals surface area contributed by atoms with Gasteiger partial charge in [-0.1, -0.05) is 13.3 Å². The standard InChI is InChI=1S/C6H8N2.C4H8Cl2/c7-5-3-1-2-4-6-8;1-2-3-4(5)6/h1-4H2;4H,2-3H2,1H3. The minimum absolute atomic E-state index is 0.157. The Balaban J connectivity index is 0. The number of hydrogen-bond donors (Lipinski definition) is 0. The largest absolute Gasteiger partial charge is 0.198 e. The molecule has 0 saturated carbocycles. The van der Waals surface area contributed by atoms with E-state index in [1.54, 1.807) is 0 Å². The van der Waals surface area contributed by atoms with Gasteiger partial charge in [0.1, 0.15) is 4.84 Å². The molecule has 0 N–H and O–H groups in total. The van der Waals surface area contributed by atoms with Crippen molar-refractivity contribution in [3.8, 4) is 12.1 Å². The summed E-state index contributed by atoms with van der Waals surface area (Å²) in [5.41, 5.74) is 0. The normalized spacial score (nSPS) is 8.43. The van der Waals surface area contributed by atoms with Crippen molar-refractivity contribution in [2.45, 2.75) is 50.3 Å². The van der Waals surface area contributed by atoms with Crippen molar-refractivity contribution in [3.05, 3.63) is 0 Å². The summed E-state index contributed by atoms with van der Waals surface area (Å²) in [6.07, 6.45) is 4.87. The van der Waals surface area contributed by atoms with Gasteiger partial charge in [0.15, 0.2) is 0 Å². The van der Waals surface area contributed by atoms with Crippen LogP contribution in [0.15, 0.2) is 0 Å². The number of nitrogens with zero attached hydrogens (tertiary/aromatic N) is 2. The van der Waals surface area contributed by atoms with Gasteiger partial charge < -0.3 is 0 Å². The average molecular weight is 235 g/mol. The molecule has 0 aromatic heterocycles. The van der Waals surface area contributed by atoms with Crippen LogP contribution in [0.2, 0.25) is 0 Å². The van der Waals surface area contributed by atoms with Gasteiger partial charge in [0.05, 0.1) is 12.1 Å². The zero-order valence-electron chi connectivity index (χ0n) is 8.47. The van der Waals surface area contributed by atoms with E-state index in [9.17, 15) is 0 Å². The van der Waals surface area contributed by atoms with E-state index >= 15 is 0 Å². The van der Waals surface area contributed by atoms with Gasteiger partial charge in [-0.3, -0.25) is 0 Å². The molecule has 4 heteroatoms. The lowest BCUT2D eigenvalue weighted by atomic mass is 10.2. The summed E-state index contributed by atoms with van der Waals surface area (Å²) < 4.78 is 0. The molecular weight excluding hydrogens is 219 g/mol. The second-order valence-corrected chi connectivity index (χ2v) is 3.98. The van der Waals surface area contributed by atoms with E-state index in [4.69, 9.17) is 33.7 Å². The molecule has 0 bridgehead atoms. The number of hydrogen-bond acceptors (Lipinski definition) is 2. The molecule has 0 unspecified atom stereocenters. The van der Waals surface area contributed by atoms with Gasteiger partial charge in [-0.2, -0.15) is 10.5 Å². The average Bonchev–Trinajstić information content (AvgIpc) is 2.13. The summed E-state index contributed by atoms with van der Waals surface area (Å²) in [5, 5.41) is 16.1. The van der Waals surface area contributed by atoms with Crippen LogP contribution in [0.25, 0.3) is 0 Å². The van der Waals surface area contributed by atoms with E-state index in [1.807, 2.05) is 12.1 Å². The number of unbranched alkanes of at least 4 members (excludes halogenated alkanes) is 3. The Kier molecular flexibility index (Phi) is 17.2. The predicted octanol–water partition coefficient (Wildman–Crippen LogP) is 4.18. The molecule has 0 aliphatic rings. The molecule has 0 rings (SSSR count). The lowest BCUT2D eigenvalue weighted by Crippen LogP contribution is -1.80. The van der Waals surface area contributed by atoms with Crippen LogP contribution in [0, 0.1) is 22.7 Å². The highest BCUT2D eigenvalue weighted by Gasteiger charge is 1.91. The Labute approximate surface area is 96.4 Å². The first kappa shape index (κ1) is 16.0. The van der Waals surface area contributed by atoms with Gasteiger partial charge in [-0.05, 0) is 19.3 Å². The summed E-state index contributed by atoms with van der Waals surface area (Å²) in [7, 11) is 0. The molecule has 2 nitrogen and oxygen atoms in total. The number of nitriles is 2. The number of alkyl halides is 2. The van der Waals surface area contributed by atoms with Crippen LogP contribution in [0.3, 0.4) is 0 Å². The monoisotopic (exact) mass is 234 g/mol. The molecule has 0 aromatic carbocycles. The first-order valence-electron chi connectivity index (χ1n) is 4.71. The highest BCUT2D eigenvalue weighted by atomic mass is 35.5. The van der Waals surface area contributed by atoms with Crippen molar-refractivity contribution in [2.75, 3.05) is 0 Å². The number of rotatable bonds is 5. The molecule has 0 atom stereocenters. The molecule has 0 heterocycles. The second kappa shape index (κ2) is 15.1. The second-order valence-electron chi connectivity index (χ2n) is 2.70. The van der Waals surface area contributed by atoms with Crippen LogP contribution in [0.5, 0.6) is 0 Å². The lowest BCUT2D eigenvalue weighted by molar-refractivity contribution is 0.773. The highest BCUT2D eigenvalue weighted by molar-refractivity contribution is 6.44. The first-order valence-corrected chi connectivity index (χ1v) is 5.58. The fourth-order valence-corrected chi connectivity index (χ4v) is 1.06. The molecule has 0 aliphatic heterocycles. The van der Waals surface area contributed by atoms with Crippen LogP contribution >= 0.6 is 23.2 Å². The maximum atomic E-state index is 8.03. The van der Waals surface area contributed by atoms with Crippen molar-refractivity contribution in [3.63, 3.8) is 0 Å². The van der Waals surface area contributed by atoms with E-state index in [1.165, 1.54) is 0 Å². The Morgan fingerprint density at radius 2 is 1.50 bits per heavy atom. The van der Waals surface area contributed by atoms with E-state index in [0.717, 1.165) is 25.7 Å². The summed E-state index contributed by atoms with van der Waals surface area (Å²) >= 11 is 10.7. The maximum Gasteiger partial charge on any atom is 0.107 e. The topological polar surface area (TPSA) is 47.6 Å². The van der Waals surface area contributed by atoms with E-state index in [-0.39, 0.29) is 4.84 Å². The van der Waals surface area contributed by atoms with Gasteiger partial charge in [0.2, 0.25) is 0 Å². The third-order valence-electron chi connectivity index (χ3n) is 1.33. The van der Waals surface area contributed by atoms with Crippen LogP contribution in [0.1, 0.15) is 45.4 Å². The molecule has 0 fully saturated rings. The smallest absolute Gasteiger partial charge is 0.107 e. The first-order chi connectivity index (χ1) is 6.68. The molecular formula is C10H16Cl2N2. The van der Waals surface area contributed by atoms with Gasteiger partial charge in [-0.25, -0.2) is 0 Å². The molecule has 0 amide bonds. The molecule has 0 radical (unpaired) electrons. The lowest BCUT2D eigenvalue weighted by Gasteiger charge is -1.90. The molecule has 0 aromatic rings. The van der Waals surface area contributed by atoms with Crippen molar-refractivity contribution in [1.29, 1.82) is 10.5 Å². The summed E-state index contributed by atoms with van der Waals surface area (Å²) in [6.45, 7) is 2.05. The van der Waals surface area contributed by atoms with Gasteiger partial charge in [-0.15, -0.1) is 23.2 Å².